The third-order valence-corrected chi connectivity index (χ3v) is 0.960. The molecule has 1 N–H and O–H groups in total. The minimum Gasteiger partial charge on any atom is -0.508 e. The molecule has 0 aromatic heterocycles. The van der Waals surface area contributed by atoms with Gasteiger partial charge < -0.3 is 9.84 Å². The van der Waals surface area contributed by atoms with Crippen molar-refractivity contribution in [1.82, 2.24) is 0 Å². The summed E-state index contributed by atoms with van der Waals surface area (Å²) < 4.78 is 4.50. The Labute approximate surface area is 73.1 Å². The Kier molecular flexibility index (Phi) is 6.99. The van der Waals surface area contributed by atoms with Crippen LogP contribution in [-0.4, -0.2) is 18.3 Å². The second-order valence-electron chi connectivity index (χ2n) is 1.95. The molecule has 0 unspecified atom stereocenters. The summed E-state index contributed by atoms with van der Waals surface area (Å²) >= 11 is 0. The second kappa shape index (κ2) is 7.82. The number of aromatic hydroxyl groups is 1. The van der Waals surface area contributed by atoms with Crippen LogP contribution in [0.1, 0.15) is 0 Å². The minimum absolute atomic E-state index is 0.322. The lowest BCUT2D eigenvalue weighted by Crippen LogP contribution is -1.56. The lowest BCUT2D eigenvalue weighted by Gasteiger charge is -1.82. The highest BCUT2D eigenvalue weighted by atomic mass is 16.6. The van der Waals surface area contributed by atoms with Crippen LogP contribution in [0.25, 0.3) is 0 Å². The molecule has 0 atom stereocenters. The van der Waals surface area contributed by atoms with Crippen LogP contribution in [0.3, 0.4) is 0 Å². The second-order valence-corrected chi connectivity index (χ2v) is 1.95. The highest BCUT2D eigenvalue weighted by Gasteiger charge is 1.94. The number of epoxide rings is 1. The highest BCUT2D eigenvalue weighted by molar-refractivity contribution is 5.18. The highest BCUT2D eigenvalue weighted by Crippen LogP contribution is 2.02. The van der Waals surface area contributed by atoms with Crippen molar-refractivity contribution < 1.29 is 9.84 Å². The number of para-hydroxylation sites is 1. The summed E-state index contributed by atoms with van der Waals surface area (Å²) in [4.78, 5) is 0. The third-order valence-electron chi connectivity index (χ3n) is 0.960. The number of benzene rings is 1. The first-order chi connectivity index (χ1) is 5.89. The average molecular weight is 166 g/mol. The van der Waals surface area contributed by atoms with E-state index in [1.807, 2.05) is 6.07 Å². The number of hydrogen-bond donors (Lipinski definition) is 1. The number of hydrogen-bond acceptors (Lipinski definition) is 2. The molecule has 66 valence electrons. The molecule has 2 rings (SSSR count). The van der Waals surface area contributed by atoms with E-state index in [0.717, 1.165) is 13.2 Å². The van der Waals surface area contributed by atoms with E-state index >= 15 is 0 Å². The molecular weight excluding hydrogens is 152 g/mol. The third kappa shape index (κ3) is 8.72. The molecule has 0 radical (unpaired) electrons. The fraction of sp³-hybridized carbons (Fsp3) is 0.200. The molecule has 1 aromatic rings. The van der Waals surface area contributed by atoms with Crippen molar-refractivity contribution in [2.75, 3.05) is 13.2 Å². The fourth-order valence-electron chi connectivity index (χ4n) is 0.428. The summed E-state index contributed by atoms with van der Waals surface area (Å²) in [5.41, 5.74) is 0. The zero-order valence-electron chi connectivity index (χ0n) is 7.07. The Morgan fingerprint density at radius 3 is 1.67 bits per heavy atom. The van der Waals surface area contributed by atoms with Crippen molar-refractivity contribution in [2.45, 2.75) is 0 Å². The minimum atomic E-state index is 0.322. The number of phenolic OH excluding ortho intramolecular Hbond substituents is 1. The van der Waals surface area contributed by atoms with Gasteiger partial charge in [0, 0.05) is 0 Å². The van der Waals surface area contributed by atoms with Gasteiger partial charge in [-0.1, -0.05) is 18.2 Å². The van der Waals surface area contributed by atoms with Gasteiger partial charge in [-0.15, -0.1) is 13.2 Å². The lowest BCUT2D eigenvalue weighted by atomic mass is 10.3. The Bertz CT molecular complexity index is 180. The molecule has 1 heterocycles. The average Bonchev–Trinajstić information content (AvgIpc) is 2.95. The van der Waals surface area contributed by atoms with Crippen LogP contribution in [0.15, 0.2) is 43.5 Å². The molecule has 1 aromatic carbocycles. The normalized spacial score (nSPS) is 11.3. The van der Waals surface area contributed by atoms with Crippen molar-refractivity contribution in [1.29, 1.82) is 0 Å². The van der Waals surface area contributed by atoms with Gasteiger partial charge in [0.1, 0.15) is 5.75 Å². The quantitative estimate of drug-likeness (QED) is 0.473. The Morgan fingerprint density at radius 1 is 1.08 bits per heavy atom. The first kappa shape index (κ1) is 10.7. The van der Waals surface area contributed by atoms with Crippen molar-refractivity contribution in [2.24, 2.45) is 0 Å². The number of phenols is 1. The van der Waals surface area contributed by atoms with Gasteiger partial charge in [-0.3, -0.25) is 0 Å². The summed E-state index contributed by atoms with van der Waals surface area (Å²) in [6.07, 6.45) is 0. The van der Waals surface area contributed by atoms with Crippen LogP contribution in [0.4, 0.5) is 0 Å². The maximum absolute atomic E-state index is 8.63. The van der Waals surface area contributed by atoms with Gasteiger partial charge in [-0.05, 0) is 12.1 Å². The van der Waals surface area contributed by atoms with Crippen LogP contribution in [0.5, 0.6) is 5.75 Å². The van der Waals surface area contributed by atoms with Crippen LogP contribution >= 0.6 is 0 Å². The molecule has 1 saturated heterocycles. The van der Waals surface area contributed by atoms with Crippen molar-refractivity contribution in [3.8, 4) is 5.75 Å². The molecular formula is C10H14O2. The smallest absolute Gasteiger partial charge is 0.115 e. The zero-order valence-corrected chi connectivity index (χ0v) is 7.07. The Morgan fingerprint density at radius 2 is 1.50 bits per heavy atom. The first-order valence-electron chi connectivity index (χ1n) is 3.71. The molecule has 2 heteroatoms. The van der Waals surface area contributed by atoms with Gasteiger partial charge in [0.05, 0.1) is 13.2 Å². The molecule has 0 saturated carbocycles. The van der Waals surface area contributed by atoms with Gasteiger partial charge in [-0.25, -0.2) is 0 Å². The summed E-state index contributed by atoms with van der Waals surface area (Å²) in [5, 5.41) is 8.63. The van der Waals surface area contributed by atoms with Crippen molar-refractivity contribution >= 4 is 0 Å². The Balaban J connectivity index is 0.000000202. The summed E-state index contributed by atoms with van der Waals surface area (Å²) in [5.74, 6) is 0.322. The predicted molar refractivity (Wildman–Crippen MR) is 50.2 cm³/mol. The van der Waals surface area contributed by atoms with Crippen molar-refractivity contribution in [3.63, 3.8) is 0 Å². The van der Waals surface area contributed by atoms with E-state index in [-0.39, 0.29) is 0 Å². The van der Waals surface area contributed by atoms with Crippen molar-refractivity contribution in [3.05, 3.63) is 43.5 Å². The van der Waals surface area contributed by atoms with Crippen LogP contribution in [0, 0.1) is 0 Å². The molecule has 1 fully saturated rings. The summed E-state index contributed by atoms with van der Waals surface area (Å²) in [6, 6.07) is 8.71. The van der Waals surface area contributed by atoms with Crippen LogP contribution in [0.2, 0.25) is 0 Å². The van der Waals surface area contributed by atoms with E-state index in [2.05, 4.69) is 17.9 Å². The van der Waals surface area contributed by atoms with E-state index in [0.29, 0.717) is 5.75 Å². The fourth-order valence-corrected chi connectivity index (χ4v) is 0.428. The van der Waals surface area contributed by atoms with E-state index in [9.17, 15) is 0 Å². The molecule has 0 aliphatic carbocycles. The van der Waals surface area contributed by atoms with E-state index in [1.54, 1.807) is 24.3 Å². The summed E-state index contributed by atoms with van der Waals surface area (Å²) in [7, 11) is 0. The largest absolute Gasteiger partial charge is 0.508 e. The SMILES string of the molecule is C1CO1.C=C.Oc1ccccc1. The molecule has 0 bridgehead atoms. The van der Waals surface area contributed by atoms with Gasteiger partial charge in [-0.2, -0.15) is 0 Å². The number of ether oxygens (including phenoxy) is 1. The first-order valence-corrected chi connectivity index (χ1v) is 3.71. The van der Waals surface area contributed by atoms with Crippen LogP contribution in [-0.2, 0) is 4.74 Å². The van der Waals surface area contributed by atoms with Crippen LogP contribution < -0.4 is 0 Å². The molecule has 12 heavy (non-hydrogen) atoms. The van der Waals surface area contributed by atoms with E-state index in [4.69, 9.17) is 5.11 Å². The van der Waals surface area contributed by atoms with E-state index in [1.165, 1.54) is 0 Å². The maximum Gasteiger partial charge on any atom is 0.115 e. The summed E-state index contributed by atoms with van der Waals surface area (Å²) in [6.45, 7) is 8.00. The number of rotatable bonds is 0. The monoisotopic (exact) mass is 166 g/mol. The predicted octanol–water partition coefficient (Wildman–Crippen LogP) is 2.21. The molecule has 0 amide bonds. The standard InChI is InChI=1S/C6H6O.C2H4O.C2H4/c7-6-4-2-1-3-5-6;1-2-3-1;1-2/h1-5,7H;1-2H2;1-2H2. The zero-order chi connectivity index (χ0) is 9.23. The van der Waals surface area contributed by atoms with Gasteiger partial charge in [0.25, 0.3) is 0 Å². The lowest BCUT2D eigenvalue weighted by molar-refractivity contribution is 0.475. The molecule has 1 aliphatic rings. The van der Waals surface area contributed by atoms with Gasteiger partial charge >= 0.3 is 0 Å². The van der Waals surface area contributed by atoms with Gasteiger partial charge in [0.15, 0.2) is 0 Å². The Hall–Kier alpha value is -1.28. The molecule has 0 spiro atoms. The van der Waals surface area contributed by atoms with E-state index < -0.39 is 0 Å². The molecule has 2 nitrogen and oxygen atoms in total. The molecule has 1 aliphatic heterocycles. The topological polar surface area (TPSA) is 32.8 Å². The van der Waals surface area contributed by atoms with Gasteiger partial charge in [0.2, 0.25) is 0 Å². The maximum atomic E-state index is 8.63.